The van der Waals surface area contributed by atoms with Gasteiger partial charge in [-0.3, -0.25) is 14.7 Å². The average molecular weight is 413 g/mol. The number of aromatic nitrogens is 3. The van der Waals surface area contributed by atoms with E-state index in [2.05, 4.69) is 20.8 Å². The Morgan fingerprint density at radius 3 is 2.67 bits per heavy atom. The van der Waals surface area contributed by atoms with E-state index in [4.69, 9.17) is 0 Å². The van der Waals surface area contributed by atoms with E-state index < -0.39 is 17.5 Å². The summed E-state index contributed by atoms with van der Waals surface area (Å²) in [5.41, 5.74) is 2.87. The Kier molecular flexibility index (Phi) is 5.11. The lowest BCUT2D eigenvalue weighted by atomic mass is 10.1. The highest BCUT2D eigenvalue weighted by Crippen LogP contribution is 2.33. The fourth-order valence-electron chi connectivity index (χ4n) is 3.54. The van der Waals surface area contributed by atoms with E-state index in [1.807, 2.05) is 24.6 Å². The summed E-state index contributed by atoms with van der Waals surface area (Å²) in [5.74, 6) is -2.51. The van der Waals surface area contributed by atoms with Gasteiger partial charge in [0.25, 0.3) is 11.8 Å². The van der Waals surface area contributed by atoms with E-state index in [0.29, 0.717) is 24.3 Å². The van der Waals surface area contributed by atoms with Gasteiger partial charge in [0.15, 0.2) is 17.5 Å². The molecule has 3 N–H and O–H groups in total. The second kappa shape index (κ2) is 7.74. The number of nitrogens with zero attached hydrogens (tertiary/aromatic N) is 2. The lowest BCUT2D eigenvalue weighted by molar-refractivity contribution is 0.0942. The summed E-state index contributed by atoms with van der Waals surface area (Å²) in [6.07, 6.45) is 3.25. The predicted molar refractivity (Wildman–Crippen MR) is 107 cm³/mol. The zero-order valence-electron chi connectivity index (χ0n) is 16.6. The molecule has 2 amide bonds. The number of benzene rings is 1. The van der Waals surface area contributed by atoms with Gasteiger partial charge in [-0.1, -0.05) is 0 Å². The maximum absolute atomic E-state index is 13.4. The number of hydrogen-bond acceptors (Lipinski definition) is 3. The molecule has 156 valence electrons. The van der Waals surface area contributed by atoms with Crippen LogP contribution >= 0.6 is 0 Å². The van der Waals surface area contributed by atoms with Crippen LogP contribution in [0.5, 0.6) is 0 Å². The SMILES string of the molecule is CC(C)NC(=O)c1cc2n(c1)CCCc1c(NC(=O)c3ccc(F)c(F)c3)n[nH]c1-2. The van der Waals surface area contributed by atoms with E-state index in [9.17, 15) is 18.4 Å². The summed E-state index contributed by atoms with van der Waals surface area (Å²) in [5, 5.41) is 12.7. The Hall–Kier alpha value is -3.49. The number of aryl methyl sites for hydroxylation is 1. The molecule has 0 spiro atoms. The molecule has 7 nitrogen and oxygen atoms in total. The minimum absolute atomic E-state index is 0.00436. The number of fused-ring (bicyclic) bond motifs is 3. The normalized spacial score (nSPS) is 12.8. The Morgan fingerprint density at radius 1 is 1.13 bits per heavy atom. The number of hydrogen-bond donors (Lipinski definition) is 3. The molecular formula is C21H21F2N5O2. The van der Waals surface area contributed by atoms with Crippen LogP contribution in [0, 0.1) is 11.6 Å². The van der Waals surface area contributed by atoms with E-state index in [1.54, 1.807) is 6.07 Å². The van der Waals surface area contributed by atoms with Gasteiger partial charge in [0.1, 0.15) is 0 Å². The van der Waals surface area contributed by atoms with Crippen LogP contribution in [-0.4, -0.2) is 32.6 Å². The van der Waals surface area contributed by atoms with Gasteiger partial charge in [0.2, 0.25) is 0 Å². The van der Waals surface area contributed by atoms with Gasteiger partial charge in [0.05, 0.1) is 17.0 Å². The number of anilines is 1. The van der Waals surface area contributed by atoms with E-state index in [0.717, 1.165) is 35.5 Å². The first kappa shape index (κ1) is 19.8. The smallest absolute Gasteiger partial charge is 0.256 e. The number of H-pyrrole nitrogens is 1. The van der Waals surface area contributed by atoms with Crippen molar-refractivity contribution in [3.63, 3.8) is 0 Å². The van der Waals surface area contributed by atoms with Gasteiger partial charge in [-0.25, -0.2) is 8.78 Å². The maximum Gasteiger partial charge on any atom is 0.256 e. The molecule has 1 aliphatic heterocycles. The highest BCUT2D eigenvalue weighted by atomic mass is 19.2. The summed E-state index contributed by atoms with van der Waals surface area (Å²) in [6.45, 7) is 4.51. The van der Waals surface area contributed by atoms with Gasteiger partial charge in [0, 0.05) is 29.9 Å². The zero-order chi connectivity index (χ0) is 21.4. The van der Waals surface area contributed by atoms with Crippen LogP contribution < -0.4 is 10.6 Å². The highest BCUT2D eigenvalue weighted by Gasteiger charge is 2.24. The van der Waals surface area contributed by atoms with Crippen molar-refractivity contribution in [3.05, 3.63) is 58.8 Å². The Labute approximate surface area is 171 Å². The standard InChI is InChI=1S/C21H21F2N5O2/c1-11(2)24-21(30)13-9-17-18-14(4-3-7-28(17)10-13)19(27-26-18)25-20(29)12-5-6-15(22)16(23)8-12/h5-6,8-11H,3-4,7H2,1-2H3,(H,24,30)(H2,25,26,27,29). The molecule has 30 heavy (non-hydrogen) atoms. The fourth-order valence-corrected chi connectivity index (χ4v) is 3.54. The molecule has 0 aliphatic carbocycles. The Bertz CT molecular complexity index is 1130. The van der Waals surface area contributed by atoms with Crippen LogP contribution in [0.1, 0.15) is 46.5 Å². The van der Waals surface area contributed by atoms with Crippen LogP contribution in [0.4, 0.5) is 14.6 Å². The quantitative estimate of drug-likeness (QED) is 0.611. The Morgan fingerprint density at radius 2 is 1.93 bits per heavy atom. The molecule has 1 aliphatic rings. The molecule has 3 aromatic rings. The maximum atomic E-state index is 13.4. The molecule has 0 bridgehead atoms. The van der Waals surface area contributed by atoms with Crippen molar-refractivity contribution in [2.45, 2.75) is 39.3 Å². The van der Waals surface area contributed by atoms with Gasteiger partial charge in [-0.05, 0) is 51.0 Å². The molecule has 0 radical (unpaired) electrons. The second-order valence-electron chi connectivity index (χ2n) is 7.55. The largest absolute Gasteiger partial charge is 0.350 e. The molecule has 0 fully saturated rings. The molecule has 0 saturated heterocycles. The van der Waals surface area contributed by atoms with Crippen molar-refractivity contribution >= 4 is 17.6 Å². The topological polar surface area (TPSA) is 91.8 Å². The van der Waals surface area contributed by atoms with Crippen LogP contribution in [0.15, 0.2) is 30.5 Å². The fraction of sp³-hybridized carbons (Fsp3) is 0.286. The van der Waals surface area contributed by atoms with Gasteiger partial charge in [-0.2, -0.15) is 5.10 Å². The summed E-state index contributed by atoms with van der Waals surface area (Å²) in [6, 6.07) is 4.79. The number of carbonyl (C=O) groups is 2. The molecular weight excluding hydrogens is 392 g/mol. The number of amides is 2. The number of halogens is 2. The summed E-state index contributed by atoms with van der Waals surface area (Å²) in [7, 11) is 0. The van der Waals surface area contributed by atoms with E-state index in [1.165, 1.54) is 6.07 Å². The first-order valence-electron chi connectivity index (χ1n) is 9.68. The molecule has 0 atom stereocenters. The van der Waals surface area contributed by atoms with Crippen molar-refractivity contribution in [2.24, 2.45) is 0 Å². The van der Waals surface area contributed by atoms with Crippen molar-refractivity contribution in [1.29, 1.82) is 0 Å². The summed E-state index contributed by atoms with van der Waals surface area (Å²) in [4.78, 5) is 24.8. The predicted octanol–water partition coefficient (Wildman–Crippen LogP) is 3.49. The molecule has 0 unspecified atom stereocenters. The number of nitrogens with one attached hydrogen (secondary N) is 3. The highest BCUT2D eigenvalue weighted by molar-refractivity contribution is 6.04. The third-order valence-corrected chi connectivity index (χ3v) is 4.94. The summed E-state index contributed by atoms with van der Waals surface area (Å²) >= 11 is 0. The first-order chi connectivity index (χ1) is 14.3. The van der Waals surface area contributed by atoms with Crippen molar-refractivity contribution in [1.82, 2.24) is 20.1 Å². The van der Waals surface area contributed by atoms with Crippen LogP contribution in [-0.2, 0) is 13.0 Å². The van der Waals surface area contributed by atoms with Gasteiger partial charge in [-0.15, -0.1) is 0 Å². The molecule has 1 aromatic carbocycles. The van der Waals surface area contributed by atoms with Crippen LogP contribution in [0.2, 0.25) is 0 Å². The number of carbonyl (C=O) groups excluding carboxylic acids is 2. The molecule has 3 heterocycles. The second-order valence-corrected chi connectivity index (χ2v) is 7.55. The van der Waals surface area contributed by atoms with Crippen LogP contribution in [0.25, 0.3) is 11.4 Å². The van der Waals surface area contributed by atoms with E-state index in [-0.39, 0.29) is 17.5 Å². The lowest BCUT2D eigenvalue weighted by Gasteiger charge is -2.06. The van der Waals surface area contributed by atoms with Crippen molar-refractivity contribution < 1.29 is 18.4 Å². The third-order valence-electron chi connectivity index (χ3n) is 4.94. The monoisotopic (exact) mass is 413 g/mol. The molecule has 0 saturated carbocycles. The van der Waals surface area contributed by atoms with Crippen molar-refractivity contribution in [3.8, 4) is 11.4 Å². The third kappa shape index (κ3) is 3.70. The Balaban J connectivity index is 1.62. The molecule has 9 heteroatoms. The number of rotatable bonds is 4. The van der Waals surface area contributed by atoms with Gasteiger partial charge >= 0.3 is 0 Å². The lowest BCUT2D eigenvalue weighted by Crippen LogP contribution is -2.29. The van der Waals surface area contributed by atoms with Crippen molar-refractivity contribution in [2.75, 3.05) is 5.32 Å². The first-order valence-corrected chi connectivity index (χ1v) is 9.68. The minimum atomic E-state index is -1.09. The molecule has 4 rings (SSSR count). The molecule has 2 aromatic heterocycles. The van der Waals surface area contributed by atoms with Crippen LogP contribution in [0.3, 0.4) is 0 Å². The average Bonchev–Trinajstić information content (AvgIpc) is 3.24. The zero-order valence-corrected chi connectivity index (χ0v) is 16.6. The number of aromatic amines is 1. The van der Waals surface area contributed by atoms with E-state index >= 15 is 0 Å². The minimum Gasteiger partial charge on any atom is -0.350 e. The van der Waals surface area contributed by atoms with Gasteiger partial charge < -0.3 is 15.2 Å². The summed E-state index contributed by atoms with van der Waals surface area (Å²) < 4.78 is 28.6.